The molecule has 5 nitrogen and oxygen atoms in total. The maximum atomic E-state index is 11.7. The Morgan fingerprint density at radius 1 is 1.48 bits per heavy atom. The van der Waals surface area contributed by atoms with Gasteiger partial charge in [0.2, 0.25) is 5.88 Å². The first-order valence-corrected chi connectivity index (χ1v) is 8.30. The molecule has 0 saturated carbocycles. The van der Waals surface area contributed by atoms with Crippen molar-refractivity contribution in [2.45, 2.75) is 20.4 Å². The molecule has 1 heterocycles. The van der Waals surface area contributed by atoms with Crippen molar-refractivity contribution in [2.24, 2.45) is 10.9 Å². The zero-order valence-corrected chi connectivity index (χ0v) is 14.8. The molecule has 1 N–H and O–H groups in total. The molecule has 1 aromatic carbocycles. The molecule has 0 aliphatic heterocycles. The van der Waals surface area contributed by atoms with Gasteiger partial charge in [0.05, 0.1) is 24.6 Å². The van der Waals surface area contributed by atoms with Crippen molar-refractivity contribution in [3.8, 4) is 5.88 Å². The van der Waals surface area contributed by atoms with Crippen LogP contribution in [0.3, 0.4) is 0 Å². The number of aliphatic imine (C=N–C) groups is 1. The highest BCUT2D eigenvalue weighted by atomic mass is 32.1. The molecule has 0 bridgehead atoms. The van der Waals surface area contributed by atoms with Gasteiger partial charge in [-0.15, -0.1) is 0 Å². The number of nitrogens with zero attached hydrogens (tertiary/aromatic N) is 2. The normalized spacial score (nSPS) is 11.3. The summed E-state index contributed by atoms with van der Waals surface area (Å²) in [6.45, 7) is 4.76. The molecule has 0 aliphatic rings. The van der Waals surface area contributed by atoms with Crippen LogP contribution >= 0.6 is 23.6 Å². The van der Waals surface area contributed by atoms with Crippen molar-refractivity contribution in [1.29, 1.82) is 0 Å². The number of carbonyl (C=O) groups is 1. The van der Waals surface area contributed by atoms with Crippen LogP contribution < -0.4 is 0 Å². The minimum atomic E-state index is -0.452. The summed E-state index contributed by atoms with van der Waals surface area (Å²) in [6.07, 6.45) is 1.52. The number of esters is 1. The van der Waals surface area contributed by atoms with E-state index < -0.39 is 5.97 Å². The van der Waals surface area contributed by atoms with E-state index >= 15 is 0 Å². The van der Waals surface area contributed by atoms with E-state index in [4.69, 9.17) is 17.0 Å². The van der Waals surface area contributed by atoms with Gasteiger partial charge in [0.25, 0.3) is 0 Å². The number of ether oxygens (including phenoxy) is 1. The smallest absolute Gasteiger partial charge is 0.340 e. The number of hydrogen-bond donors (Lipinski definition) is 1. The van der Waals surface area contributed by atoms with Crippen LogP contribution in [0.2, 0.25) is 0 Å². The summed E-state index contributed by atoms with van der Waals surface area (Å²) in [4.78, 5) is 16.6. The van der Waals surface area contributed by atoms with Gasteiger partial charge >= 0.3 is 5.97 Å². The monoisotopic (exact) mass is 350 g/mol. The zero-order valence-electron chi connectivity index (χ0n) is 13.1. The molecule has 122 valence electrons. The van der Waals surface area contributed by atoms with E-state index in [9.17, 15) is 9.90 Å². The fraction of sp³-hybridized carbons (Fsp3) is 0.312. The van der Waals surface area contributed by atoms with Gasteiger partial charge in [-0.2, -0.15) is 0 Å². The Labute approximate surface area is 143 Å². The maximum Gasteiger partial charge on any atom is 0.340 e. The van der Waals surface area contributed by atoms with Crippen LogP contribution in [0.15, 0.2) is 29.3 Å². The van der Waals surface area contributed by atoms with Gasteiger partial charge in [-0.1, -0.05) is 37.3 Å². The third-order valence-corrected chi connectivity index (χ3v) is 4.44. The summed E-state index contributed by atoms with van der Waals surface area (Å²) in [5.41, 5.74) is 0.851. The molecule has 0 spiro atoms. The number of thiazole rings is 1. The number of methoxy groups -OCH3 is 1. The van der Waals surface area contributed by atoms with Crippen molar-refractivity contribution in [3.63, 3.8) is 0 Å². The van der Waals surface area contributed by atoms with Gasteiger partial charge in [-0.3, -0.25) is 9.56 Å². The lowest BCUT2D eigenvalue weighted by atomic mass is 10.2. The molecule has 2 rings (SSSR count). The topological polar surface area (TPSA) is 63.8 Å². The first kappa shape index (κ1) is 17.4. The second-order valence-electron chi connectivity index (χ2n) is 5.33. The average Bonchev–Trinajstić information content (AvgIpc) is 2.79. The fourth-order valence-corrected chi connectivity index (χ4v) is 3.22. The Bertz CT molecular complexity index is 791. The molecule has 0 fully saturated rings. The van der Waals surface area contributed by atoms with Gasteiger partial charge in [-0.05, 0) is 30.3 Å². The van der Waals surface area contributed by atoms with Crippen LogP contribution in [-0.2, 0) is 11.3 Å². The molecule has 0 aliphatic carbocycles. The lowest BCUT2D eigenvalue weighted by Crippen LogP contribution is -2.03. The summed E-state index contributed by atoms with van der Waals surface area (Å²) in [5.74, 6) is 0.0204. The number of hydrogen-bond acceptors (Lipinski definition) is 6. The first-order valence-electron chi connectivity index (χ1n) is 7.08. The maximum absolute atomic E-state index is 11.7. The van der Waals surface area contributed by atoms with Crippen molar-refractivity contribution in [2.75, 3.05) is 7.11 Å². The molecule has 0 saturated heterocycles. The molecular formula is C16H18N2O3S2. The van der Waals surface area contributed by atoms with Crippen LogP contribution in [0.4, 0.5) is 5.69 Å². The Hall–Kier alpha value is -1.99. The molecule has 0 atom stereocenters. The molecule has 7 heteroatoms. The van der Waals surface area contributed by atoms with E-state index in [1.165, 1.54) is 24.7 Å². The Balaban J connectivity index is 2.35. The number of aromatic nitrogens is 1. The van der Waals surface area contributed by atoms with Gasteiger partial charge in [0, 0.05) is 6.54 Å². The number of para-hydroxylation sites is 1. The SMILES string of the molecule is COC(=O)c1ccccc1N=Cc1sc(=S)n(CC(C)C)c1O. The van der Waals surface area contributed by atoms with E-state index in [2.05, 4.69) is 18.8 Å². The van der Waals surface area contributed by atoms with Gasteiger partial charge in [0.15, 0.2) is 3.95 Å². The molecule has 2 aromatic rings. The summed E-state index contributed by atoms with van der Waals surface area (Å²) in [7, 11) is 1.33. The number of benzene rings is 1. The predicted molar refractivity (Wildman–Crippen MR) is 94.7 cm³/mol. The number of aromatic hydroxyl groups is 1. The molecule has 23 heavy (non-hydrogen) atoms. The Morgan fingerprint density at radius 3 is 2.83 bits per heavy atom. The third kappa shape index (κ3) is 4.05. The van der Waals surface area contributed by atoms with Crippen molar-refractivity contribution >= 4 is 41.4 Å². The van der Waals surface area contributed by atoms with E-state index in [0.717, 1.165) is 0 Å². The predicted octanol–water partition coefficient (Wildman–Crippen LogP) is 4.18. The molecule has 0 amide bonds. The lowest BCUT2D eigenvalue weighted by molar-refractivity contribution is 0.0601. The largest absolute Gasteiger partial charge is 0.493 e. The second kappa shape index (κ2) is 7.52. The van der Waals surface area contributed by atoms with E-state index in [0.29, 0.717) is 32.5 Å². The minimum absolute atomic E-state index is 0.105. The van der Waals surface area contributed by atoms with Gasteiger partial charge < -0.3 is 9.84 Å². The van der Waals surface area contributed by atoms with Crippen LogP contribution in [0, 0.1) is 9.87 Å². The van der Waals surface area contributed by atoms with Crippen LogP contribution in [0.1, 0.15) is 29.1 Å². The van der Waals surface area contributed by atoms with Crippen molar-refractivity contribution in [3.05, 3.63) is 38.7 Å². The van der Waals surface area contributed by atoms with Crippen molar-refractivity contribution < 1.29 is 14.6 Å². The fourth-order valence-electron chi connectivity index (χ4n) is 2.02. The summed E-state index contributed by atoms with van der Waals surface area (Å²) in [5, 5.41) is 10.3. The summed E-state index contributed by atoms with van der Waals surface area (Å²) >= 11 is 6.57. The van der Waals surface area contributed by atoms with Crippen LogP contribution in [-0.4, -0.2) is 29.0 Å². The molecule has 1 aromatic heterocycles. The lowest BCUT2D eigenvalue weighted by Gasteiger charge is -2.07. The highest BCUT2D eigenvalue weighted by Crippen LogP contribution is 2.27. The van der Waals surface area contributed by atoms with E-state index in [-0.39, 0.29) is 5.88 Å². The van der Waals surface area contributed by atoms with Gasteiger partial charge in [0.1, 0.15) is 4.88 Å². The number of carbonyl (C=O) groups excluding carboxylic acids is 1. The molecule has 0 radical (unpaired) electrons. The van der Waals surface area contributed by atoms with E-state index in [1.807, 2.05) is 0 Å². The second-order valence-corrected chi connectivity index (χ2v) is 7.00. The van der Waals surface area contributed by atoms with E-state index in [1.54, 1.807) is 28.8 Å². The number of rotatable bonds is 5. The zero-order chi connectivity index (χ0) is 17.0. The average molecular weight is 350 g/mol. The van der Waals surface area contributed by atoms with Gasteiger partial charge in [-0.25, -0.2) is 4.79 Å². The Kier molecular flexibility index (Phi) is 5.68. The summed E-state index contributed by atoms with van der Waals surface area (Å²) in [6, 6.07) is 6.88. The van der Waals surface area contributed by atoms with Crippen LogP contribution in [0.25, 0.3) is 0 Å². The first-order chi connectivity index (χ1) is 10.9. The quantitative estimate of drug-likeness (QED) is 0.499. The standard InChI is InChI=1S/C16H18N2O3S2/c1-10(2)9-18-14(19)13(23-16(18)22)8-17-12-7-5-4-6-11(12)15(20)21-3/h4-8,10,19H,9H2,1-3H3. The molecule has 0 unspecified atom stereocenters. The highest BCUT2D eigenvalue weighted by Gasteiger charge is 2.13. The summed E-state index contributed by atoms with van der Waals surface area (Å²) < 4.78 is 7.03. The Morgan fingerprint density at radius 2 is 2.17 bits per heavy atom. The third-order valence-electron chi connectivity index (χ3n) is 3.07. The highest BCUT2D eigenvalue weighted by molar-refractivity contribution is 7.73. The minimum Gasteiger partial charge on any atom is -0.493 e. The van der Waals surface area contributed by atoms with Crippen molar-refractivity contribution in [1.82, 2.24) is 4.57 Å². The van der Waals surface area contributed by atoms with Crippen LogP contribution in [0.5, 0.6) is 5.88 Å². The molecular weight excluding hydrogens is 332 g/mol.